The van der Waals surface area contributed by atoms with Crippen molar-refractivity contribution in [3.8, 4) is 23.0 Å². The van der Waals surface area contributed by atoms with Gasteiger partial charge in [0.05, 0.1) is 28.4 Å². The van der Waals surface area contributed by atoms with E-state index in [4.69, 9.17) is 18.9 Å². The molecule has 148 valence electrons. The summed E-state index contributed by atoms with van der Waals surface area (Å²) >= 11 is 0. The molecule has 6 nitrogen and oxygen atoms in total. The Balaban J connectivity index is 2.10. The summed E-state index contributed by atoms with van der Waals surface area (Å²) in [6.45, 7) is 1.47. The van der Waals surface area contributed by atoms with Crippen LogP contribution >= 0.6 is 0 Å². The van der Waals surface area contributed by atoms with E-state index >= 15 is 0 Å². The van der Waals surface area contributed by atoms with Crippen LogP contribution in [-0.2, 0) is 6.54 Å². The second kappa shape index (κ2) is 10.0. The fourth-order valence-corrected chi connectivity index (χ4v) is 3.00. The van der Waals surface area contributed by atoms with Gasteiger partial charge in [-0.3, -0.25) is 0 Å². The fraction of sp³-hybridized carbons (Fsp3) is 0.429. The number of hydrogen-bond donors (Lipinski definition) is 1. The number of ether oxygens (including phenoxy) is 4. The summed E-state index contributed by atoms with van der Waals surface area (Å²) in [6.07, 6.45) is 0. The van der Waals surface area contributed by atoms with E-state index in [9.17, 15) is 0 Å². The van der Waals surface area contributed by atoms with Gasteiger partial charge in [-0.25, -0.2) is 0 Å². The number of nitrogens with zero attached hydrogens (tertiary/aromatic N) is 1. The van der Waals surface area contributed by atoms with Gasteiger partial charge in [0.25, 0.3) is 0 Å². The van der Waals surface area contributed by atoms with Gasteiger partial charge in [-0.1, -0.05) is 12.1 Å². The number of rotatable bonds is 10. The minimum absolute atomic E-state index is 0.189. The summed E-state index contributed by atoms with van der Waals surface area (Å²) in [5.74, 6) is 3.06. The molecule has 0 aliphatic rings. The van der Waals surface area contributed by atoms with Gasteiger partial charge in [0.15, 0.2) is 11.5 Å². The molecular formula is C21H30N2O4. The molecule has 6 heteroatoms. The van der Waals surface area contributed by atoms with Crippen LogP contribution in [0.4, 0.5) is 0 Å². The van der Waals surface area contributed by atoms with E-state index in [0.29, 0.717) is 6.54 Å². The maximum atomic E-state index is 5.47. The van der Waals surface area contributed by atoms with Gasteiger partial charge < -0.3 is 29.2 Å². The van der Waals surface area contributed by atoms with Crippen LogP contribution < -0.4 is 24.3 Å². The summed E-state index contributed by atoms with van der Waals surface area (Å²) in [7, 11) is 10.8. The maximum Gasteiger partial charge on any atom is 0.161 e. The molecule has 0 fully saturated rings. The first kappa shape index (κ1) is 20.9. The molecule has 1 N–H and O–H groups in total. The molecule has 0 heterocycles. The zero-order chi connectivity index (χ0) is 19.8. The van der Waals surface area contributed by atoms with Crippen LogP contribution in [-0.4, -0.2) is 54.0 Å². The summed E-state index contributed by atoms with van der Waals surface area (Å²) < 4.78 is 21.5. The van der Waals surface area contributed by atoms with Gasteiger partial charge in [0, 0.05) is 30.8 Å². The van der Waals surface area contributed by atoms with E-state index in [1.165, 1.54) is 0 Å². The molecule has 27 heavy (non-hydrogen) atoms. The summed E-state index contributed by atoms with van der Waals surface area (Å²) in [6, 6.07) is 12.1. The van der Waals surface area contributed by atoms with E-state index < -0.39 is 0 Å². The van der Waals surface area contributed by atoms with Crippen LogP contribution in [0.5, 0.6) is 23.0 Å². The molecule has 0 amide bonds. The lowest BCUT2D eigenvalue weighted by molar-refractivity contribution is 0.285. The van der Waals surface area contributed by atoms with Crippen molar-refractivity contribution in [3.63, 3.8) is 0 Å². The second-order valence-electron chi connectivity index (χ2n) is 6.40. The minimum Gasteiger partial charge on any atom is -0.497 e. The number of methoxy groups -OCH3 is 4. The molecule has 0 aromatic heterocycles. The van der Waals surface area contributed by atoms with Gasteiger partial charge in [0.1, 0.15) is 11.5 Å². The summed E-state index contributed by atoms with van der Waals surface area (Å²) in [4.78, 5) is 2.18. The second-order valence-corrected chi connectivity index (χ2v) is 6.40. The molecule has 1 atom stereocenters. The fourth-order valence-electron chi connectivity index (χ4n) is 3.00. The molecule has 0 spiro atoms. The van der Waals surface area contributed by atoms with Crippen molar-refractivity contribution in [2.75, 3.05) is 49.1 Å². The number of hydrogen-bond acceptors (Lipinski definition) is 6. The van der Waals surface area contributed by atoms with Crippen molar-refractivity contribution in [3.05, 3.63) is 47.5 Å². The SMILES string of the molecule is COc1ccc(CNC[C@@H](c2ccc(OC)c(OC)c2)N(C)C)c(OC)c1. The van der Waals surface area contributed by atoms with Crippen molar-refractivity contribution < 1.29 is 18.9 Å². The molecule has 0 saturated carbocycles. The standard InChI is InChI=1S/C21H30N2O4/c1-23(2)18(15-8-10-19(25-4)21(11-15)27-6)14-22-13-16-7-9-17(24-3)12-20(16)26-5/h7-12,18,22H,13-14H2,1-6H3/t18-/m0/s1. The average molecular weight is 374 g/mol. The maximum absolute atomic E-state index is 5.47. The topological polar surface area (TPSA) is 52.2 Å². The molecule has 0 aliphatic carbocycles. The van der Waals surface area contributed by atoms with Crippen LogP contribution in [0.15, 0.2) is 36.4 Å². The molecule has 0 saturated heterocycles. The lowest BCUT2D eigenvalue weighted by Gasteiger charge is -2.26. The van der Waals surface area contributed by atoms with E-state index in [1.807, 2.05) is 30.3 Å². The molecule has 2 aromatic carbocycles. The van der Waals surface area contributed by atoms with Crippen LogP contribution in [0.1, 0.15) is 17.2 Å². The van der Waals surface area contributed by atoms with Gasteiger partial charge in [-0.15, -0.1) is 0 Å². The third-order valence-electron chi connectivity index (χ3n) is 4.56. The van der Waals surface area contributed by atoms with E-state index in [0.717, 1.165) is 40.7 Å². The Morgan fingerprint density at radius 3 is 2.11 bits per heavy atom. The normalized spacial score (nSPS) is 12.0. The first-order valence-corrected chi connectivity index (χ1v) is 8.84. The Hall–Kier alpha value is -2.44. The molecule has 0 unspecified atom stereocenters. The average Bonchev–Trinajstić information content (AvgIpc) is 2.70. The zero-order valence-electron chi connectivity index (χ0n) is 17.0. The van der Waals surface area contributed by atoms with Gasteiger partial charge in [-0.05, 0) is 37.9 Å². The number of nitrogens with one attached hydrogen (secondary N) is 1. The smallest absolute Gasteiger partial charge is 0.161 e. The van der Waals surface area contributed by atoms with Crippen molar-refractivity contribution in [2.24, 2.45) is 0 Å². The summed E-state index contributed by atoms with van der Waals surface area (Å²) in [5.41, 5.74) is 2.25. The van der Waals surface area contributed by atoms with Crippen LogP contribution in [0.3, 0.4) is 0 Å². The lowest BCUT2D eigenvalue weighted by atomic mass is 10.0. The number of likely N-dealkylation sites (N-methyl/N-ethyl adjacent to an activating group) is 1. The Bertz CT molecular complexity index is 734. The Morgan fingerprint density at radius 1 is 0.815 bits per heavy atom. The Labute approximate surface area is 162 Å². The first-order valence-electron chi connectivity index (χ1n) is 8.84. The van der Waals surface area contributed by atoms with Gasteiger partial charge >= 0.3 is 0 Å². The Kier molecular flexibility index (Phi) is 7.76. The predicted molar refractivity (Wildman–Crippen MR) is 107 cm³/mol. The largest absolute Gasteiger partial charge is 0.497 e. The third kappa shape index (κ3) is 5.28. The van der Waals surface area contributed by atoms with E-state index in [2.05, 4.69) is 30.4 Å². The molecular weight excluding hydrogens is 344 g/mol. The molecule has 2 rings (SSSR count). The molecule has 0 bridgehead atoms. The minimum atomic E-state index is 0.189. The highest BCUT2D eigenvalue weighted by Crippen LogP contribution is 2.31. The summed E-state index contributed by atoms with van der Waals surface area (Å²) in [5, 5.41) is 3.53. The highest BCUT2D eigenvalue weighted by Gasteiger charge is 2.17. The molecule has 2 aromatic rings. The zero-order valence-corrected chi connectivity index (χ0v) is 17.0. The van der Waals surface area contributed by atoms with Crippen LogP contribution in [0.2, 0.25) is 0 Å². The van der Waals surface area contributed by atoms with Crippen molar-refractivity contribution >= 4 is 0 Å². The number of benzene rings is 2. The quantitative estimate of drug-likeness (QED) is 0.690. The third-order valence-corrected chi connectivity index (χ3v) is 4.56. The Morgan fingerprint density at radius 2 is 1.52 bits per heavy atom. The van der Waals surface area contributed by atoms with Crippen LogP contribution in [0, 0.1) is 0 Å². The molecule has 0 aliphatic heterocycles. The van der Waals surface area contributed by atoms with Gasteiger partial charge in [-0.2, -0.15) is 0 Å². The van der Waals surface area contributed by atoms with Crippen molar-refractivity contribution in [1.29, 1.82) is 0 Å². The van der Waals surface area contributed by atoms with Crippen molar-refractivity contribution in [2.45, 2.75) is 12.6 Å². The predicted octanol–water partition coefficient (Wildman–Crippen LogP) is 3.11. The highest BCUT2D eigenvalue weighted by atomic mass is 16.5. The monoisotopic (exact) mass is 374 g/mol. The molecule has 0 radical (unpaired) electrons. The lowest BCUT2D eigenvalue weighted by Crippen LogP contribution is -2.31. The van der Waals surface area contributed by atoms with Crippen LogP contribution in [0.25, 0.3) is 0 Å². The van der Waals surface area contributed by atoms with E-state index in [1.54, 1.807) is 28.4 Å². The first-order chi connectivity index (χ1) is 13.0. The van der Waals surface area contributed by atoms with Crippen molar-refractivity contribution in [1.82, 2.24) is 10.2 Å². The highest BCUT2D eigenvalue weighted by molar-refractivity contribution is 5.44. The van der Waals surface area contributed by atoms with Gasteiger partial charge in [0.2, 0.25) is 0 Å². The van der Waals surface area contributed by atoms with E-state index in [-0.39, 0.29) is 6.04 Å².